The third-order valence-corrected chi connectivity index (χ3v) is 6.51. The van der Waals surface area contributed by atoms with E-state index in [2.05, 4.69) is 15.5 Å². The van der Waals surface area contributed by atoms with Crippen molar-refractivity contribution in [2.45, 2.75) is 19.0 Å². The Kier molecular flexibility index (Phi) is 6.29. The number of para-hydroxylation sites is 1. The Bertz CT molecular complexity index is 1310. The number of hydrogen-bond acceptors (Lipinski definition) is 6. The van der Waals surface area contributed by atoms with Gasteiger partial charge in [-0.2, -0.15) is 5.10 Å². The smallest absolute Gasteiger partial charge is 0.266 e. The van der Waals surface area contributed by atoms with Crippen LogP contribution in [0.5, 0.6) is 0 Å². The summed E-state index contributed by atoms with van der Waals surface area (Å²) >= 11 is 2.77. The molecule has 0 aliphatic heterocycles. The lowest BCUT2D eigenvalue weighted by molar-refractivity contribution is -0.118. The Hall–Kier alpha value is -3.23. The highest BCUT2D eigenvalue weighted by atomic mass is 32.2. The molecular weight excluding hydrogens is 428 g/mol. The number of rotatable bonds is 6. The summed E-state index contributed by atoms with van der Waals surface area (Å²) in [5.74, 6) is -0.184. The van der Waals surface area contributed by atoms with E-state index in [1.54, 1.807) is 28.0 Å². The third kappa shape index (κ3) is 4.76. The van der Waals surface area contributed by atoms with Crippen LogP contribution in [0.3, 0.4) is 0 Å². The van der Waals surface area contributed by atoms with E-state index in [1.165, 1.54) is 11.8 Å². The maximum atomic E-state index is 13.2. The summed E-state index contributed by atoms with van der Waals surface area (Å²) in [6.45, 7) is 3.84. The molecule has 0 fully saturated rings. The van der Waals surface area contributed by atoms with Gasteiger partial charge in [-0.15, -0.1) is 11.3 Å². The van der Waals surface area contributed by atoms with Crippen LogP contribution in [0.1, 0.15) is 17.4 Å². The van der Waals surface area contributed by atoms with Gasteiger partial charge in [-0.3, -0.25) is 14.2 Å². The van der Waals surface area contributed by atoms with Crippen molar-refractivity contribution in [1.82, 2.24) is 15.0 Å². The van der Waals surface area contributed by atoms with Gasteiger partial charge in [-0.1, -0.05) is 47.7 Å². The Morgan fingerprint density at radius 1 is 1.13 bits per heavy atom. The molecule has 4 rings (SSSR count). The fraction of sp³-hybridized carbons (Fsp3) is 0.130. The molecule has 1 amide bonds. The first-order valence-corrected chi connectivity index (χ1v) is 11.5. The predicted octanol–water partition coefficient (Wildman–Crippen LogP) is 4.39. The van der Waals surface area contributed by atoms with E-state index in [0.29, 0.717) is 21.7 Å². The maximum Gasteiger partial charge on any atom is 0.266 e. The molecule has 1 N–H and O–H groups in total. The minimum absolute atomic E-state index is 0.0812. The van der Waals surface area contributed by atoms with Crippen LogP contribution in [0.25, 0.3) is 16.6 Å². The monoisotopic (exact) mass is 448 g/mol. The Morgan fingerprint density at radius 3 is 2.65 bits per heavy atom. The number of hydrazone groups is 1. The number of fused-ring (bicyclic) bond motifs is 1. The zero-order chi connectivity index (χ0) is 21.8. The molecule has 0 aliphatic carbocycles. The Balaban J connectivity index is 1.61. The molecule has 0 bridgehead atoms. The molecule has 2 aromatic heterocycles. The van der Waals surface area contributed by atoms with Crippen molar-refractivity contribution in [3.63, 3.8) is 0 Å². The van der Waals surface area contributed by atoms with Crippen molar-refractivity contribution in [2.75, 3.05) is 5.75 Å². The lowest BCUT2D eigenvalue weighted by Gasteiger charge is -2.13. The zero-order valence-corrected chi connectivity index (χ0v) is 18.7. The third-order valence-electron chi connectivity index (χ3n) is 4.60. The molecule has 31 heavy (non-hydrogen) atoms. The van der Waals surface area contributed by atoms with E-state index in [4.69, 9.17) is 0 Å². The van der Waals surface area contributed by atoms with Crippen molar-refractivity contribution < 1.29 is 4.79 Å². The lowest BCUT2D eigenvalue weighted by Crippen LogP contribution is -2.24. The van der Waals surface area contributed by atoms with Crippen LogP contribution >= 0.6 is 23.1 Å². The summed E-state index contributed by atoms with van der Waals surface area (Å²) in [5.41, 5.74) is 5.57. The summed E-state index contributed by atoms with van der Waals surface area (Å²) in [6, 6.07) is 18.8. The minimum atomic E-state index is -0.265. The van der Waals surface area contributed by atoms with E-state index in [-0.39, 0.29) is 17.2 Å². The van der Waals surface area contributed by atoms with E-state index in [9.17, 15) is 9.59 Å². The molecule has 0 spiro atoms. The van der Waals surface area contributed by atoms with Crippen molar-refractivity contribution in [1.29, 1.82) is 0 Å². The highest BCUT2D eigenvalue weighted by molar-refractivity contribution is 7.99. The number of carbonyl (C=O) groups is 1. The van der Waals surface area contributed by atoms with E-state index < -0.39 is 0 Å². The first-order valence-electron chi connectivity index (χ1n) is 9.61. The van der Waals surface area contributed by atoms with Crippen molar-refractivity contribution in [3.8, 4) is 5.69 Å². The summed E-state index contributed by atoms with van der Waals surface area (Å²) in [5, 5.41) is 7.12. The highest BCUT2D eigenvalue weighted by Gasteiger charge is 2.14. The molecule has 0 atom stereocenters. The molecule has 8 heteroatoms. The number of thioether (sulfide) groups is 1. The number of nitrogens with one attached hydrogen (secondary N) is 1. The predicted molar refractivity (Wildman–Crippen MR) is 127 cm³/mol. The number of aryl methyl sites for hydroxylation is 1. The molecule has 0 unspecified atom stereocenters. The number of nitrogens with zero attached hydrogens (tertiary/aromatic N) is 3. The molecule has 2 heterocycles. The van der Waals surface area contributed by atoms with Gasteiger partial charge >= 0.3 is 0 Å². The number of carbonyl (C=O) groups excluding carboxylic acids is 1. The lowest BCUT2D eigenvalue weighted by atomic mass is 10.2. The first kappa shape index (κ1) is 21.0. The molecule has 0 aliphatic rings. The minimum Gasteiger partial charge on any atom is -0.272 e. The van der Waals surface area contributed by atoms with Gasteiger partial charge in [0.2, 0.25) is 0 Å². The van der Waals surface area contributed by atoms with E-state index >= 15 is 0 Å². The maximum absolute atomic E-state index is 13.2. The Morgan fingerprint density at radius 2 is 1.90 bits per heavy atom. The number of benzene rings is 2. The number of thiophene rings is 1. The second-order valence-electron chi connectivity index (χ2n) is 6.89. The summed E-state index contributed by atoms with van der Waals surface area (Å²) in [4.78, 5) is 31.2. The van der Waals surface area contributed by atoms with Crippen LogP contribution in [0.4, 0.5) is 0 Å². The fourth-order valence-electron chi connectivity index (χ4n) is 2.98. The van der Waals surface area contributed by atoms with Gasteiger partial charge in [0, 0.05) is 4.88 Å². The standard InChI is InChI=1S/C23H20N4O2S2/c1-15-9-11-17(12-10-15)27-22(29)18-6-3-4-7-19(18)24-23(27)31-14-21(28)26-25-16(2)20-8-5-13-30-20/h3-13H,14H2,1-2H3,(H,26,28)/b25-16-. The van der Waals surface area contributed by atoms with Gasteiger partial charge in [0.05, 0.1) is 28.1 Å². The summed E-state index contributed by atoms with van der Waals surface area (Å²) < 4.78 is 1.56. The normalized spacial score (nSPS) is 11.6. The van der Waals surface area contributed by atoms with Gasteiger partial charge in [0.25, 0.3) is 11.5 Å². The zero-order valence-electron chi connectivity index (χ0n) is 17.0. The van der Waals surface area contributed by atoms with Crippen LogP contribution in [0.2, 0.25) is 0 Å². The molecule has 2 aromatic carbocycles. The van der Waals surface area contributed by atoms with E-state index in [0.717, 1.165) is 16.2 Å². The topological polar surface area (TPSA) is 76.3 Å². The van der Waals surface area contributed by atoms with Gasteiger partial charge in [0.1, 0.15) is 0 Å². The summed E-state index contributed by atoms with van der Waals surface area (Å²) in [6.07, 6.45) is 0. The second kappa shape index (κ2) is 9.28. The number of aromatic nitrogens is 2. The number of amides is 1. The average molecular weight is 449 g/mol. The molecule has 0 saturated carbocycles. The van der Waals surface area contributed by atoms with Crippen molar-refractivity contribution >= 4 is 45.6 Å². The average Bonchev–Trinajstić information content (AvgIpc) is 3.32. The highest BCUT2D eigenvalue weighted by Crippen LogP contribution is 2.21. The largest absolute Gasteiger partial charge is 0.272 e. The van der Waals surface area contributed by atoms with Gasteiger partial charge in [0.15, 0.2) is 5.16 Å². The number of hydrogen-bond donors (Lipinski definition) is 1. The molecule has 0 radical (unpaired) electrons. The van der Waals surface area contributed by atoms with Crippen molar-refractivity contribution in [3.05, 3.63) is 86.8 Å². The fourth-order valence-corrected chi connectivity index (χ4v) is 4.46. The summed E-state index contributed by atoms with van der Waals surface area (Å²) in [7, 11) is 0. The molecule has 156 valence electrons. The first-order chi connectivity index (χ1) is 15.0. The van der Waals surface area contributed by atoms with E-state index in [1.807, 2.05) is 67.8 Å². The molecular formula is C23H20N4O2S2. The molecule has 0 saturated heterocycles. The van der Waals surface area contributed by atoms with Crippen LogP contribution in [-0.2, 0) is 4.79 Å². The van der Waals surface area contributed by atoms with Crippen molar-refractivity contribution in [2.24, 2.45) is 5.10 Å². The van der Waals surface area contributed by atoms with Crippen LogP contribution < -0.4 is 11.0 Å². The van der Waals surface area contributed by atoms with Crippen LogP contribution in [-0.4, -0.2) is 26.9 Å². The Labute approximate surface area is 187 Å². The quantitative estimate of drug-likeness (QED) is 0.205. The van der Waals surface area contributed by atoms with Gasteiger partial charge in [-0.05, 0) is 49.6 Å². The second-order valence-corrected chi connectivity index (χ2v) is 8.78. The molecule has 6 nitrogen and oxygen atoms in total. The van der Waals surface area contributed by atoms with Crippen LogP contribution in [0, 0.1) is 6.92 Å². The van der Waals surface area contributed by atoms with Crippen LogP contribution in [0.15, 0.2) is 81.1 Å². The SMILES string of the molecule is C/C(=N/NC(=O)CSc1nc2ccccc2c(=O)n1-c1ccc(C)cc1)c1cccs1. The molecule has 4 aromatic rings. The van der Waals surface area contributed by atoms with Gasteiger partial charge < -0.3 is 0 Å². The van der Waals surface area contributed by atoms with Gasteiger partial charge in [-0.25, -0.2) is 10.4 Å².